The molecule has 1 heterocycles. The van der Waals surface area contributed by atoms with E-state index in [0.717, 1.165) is 5.75 Å². The molecule has 3 heteroatoms. The largest absolute Gasteiger partial charge is 0.496 e. The lowest BCUT2D eigenvalue weighted by Crippen LogP contribution is -2.35. The maximum Gasteiger partial charge on any atom is 0.206 e. The minimum Gasteiger partial charge on any atom is -0.496 e. The van der Waals surface area contributed by atoms with E-state index in [1.165, 1.54) is 0 Å². The lowest BCUT2D eigenvalue weighted by molar-refractivity contribution is -0.684. The van der Waals surface area contributed by atoms with Crippen LogP contribution in [0.2, 0.25) is 0 Å². The van der Waals surface area contributed by atoms with E-state index in [1.807, 2.05) is 29.1 Å². The van der Waals surface area contributed by atoms with Crippen molar-refractivity contribution in [1.29, 1.82) is 0 Å². The second-order valence-corrected chi connectivity index (χ2v) is 2.61. The van der Waals surface area contributed by atoms with Crippen LogP contribution in [0, 0.1) is 0 Å². The Hall–Kier alpha value is -1.38. The first-order chi connectivity index (χ1) is 5.72. The molecule has 0 aliphatic carbocycles. The van der Waals surface area contributed by atoms with Crippen LogP contribution in [0.1, 0.15) is 6.92 Å². The van der Waals surface area contributed by atoms with Crippen LogP contribution in [-0.2, 0) is 11.3 Å². The van der Waals surface area contributed by atoms with Crippen molar-refractivity contribution in [2.24, 2.45) is 0 Å². The standard InChI is InChI=1S/C9H12NO2/c1-8(11)7-10-5-3-9(12-2)4-6-10/h3-6H,7H2,1-2H3/q+1. The Balaban J connectivity index is 2.71. The molecule has 0 spiro atoms. The van der Waals surface area contributed by atoms with Gasteiger partial charge in [0, 0.05) is 19.1 Å². The SMILES string of the molecule is COc1cc[n+](CC(C)=O)cc1. The molecule has 1 aromatic heterocycles. The third kappa shape index (κ3) is 2.34. The predicted molar refractivity (Wildman–Crippen MR) is 43.9 cm³/mol. The molecule has 0 fully saturated rings. The summed E-state index contributed by atoms with van der Waals surface area (Å²) >= 11 is 0. The molecule has 0 aliphatic heterocycles. The van der Waals surface area contributed by atoms with Gasteiger partial charge in [0.25, 0.3) is 0 Å². The molecule has 1 rings (SSSR count). The molecule has 0 N–H and O–H groups in total. The fourth-order valence-electron chi connectivity index (χ4n) is 0.942. The number of ketones is 1. The molecule has 0 aromatic carbocycles. The van der Waals surface area contributed by atoms with Crippen molar-refractivity contribution in [2.75, 3.05) is 7.11 Å². The maximum absolute atomic E-state index is 10.7. The average molecular weight is 166 g/mol. The summed E-state index contributed by atoms with van der Waals surface area (Å²) in [7, 11) is 1.62. The van der Waals surface area contributed by atoms with Gasteiger partial charge in [0.05, 0.1) is 7.11 Å². The number of methoxy groups -OCH3 is 1. The number of ether oxygens (including phenoxy) is 1. The third-order valence-corrected chi connectivity index (χ3v) is 1.50. The highest BCUT2D eigenvalue weighted by atomic mass is 16.5. The number of rotatable bonds is 3. The molecule has 3 nitrogen and oxygen atoms in total. The van der Waals surface area contributed by atoms with E-state index >= 15 is 0 Å². The maximum atomic E-state index is 10.7. The Morgan fingerprint density at radius 1 is 1.50 bits per heavy atom. The smallest absolute Gasteiger partial charge is 0.206 e. The number of hydrogen-bond donors (Lipinski definition) is 0. The predicted octanol–water partition coefficient (Wildman–Crippen LogP) is 0.572. The topological polar surface area (TPSA) is 30.2 Å². The summed E-state index contributed by atoms with van der Waals surface area (Å²) in [5.41, 5.74) is 0. The summed E-state index contributed by atoms with van der Waals surface area (Å²) in [6.07, 6.45) is 3.64. The van der Waals surface area contributed by atoms with Gasteiger partial charge >= 0.3 is 0 Å². The zero-order valence-electron chi connectivity index (χ0n) is 7.28. The fraction of sp³-hybridized carbons (Fsp3) is 0.333. The van der Waals surface area contributed by atoms with Crippen molar-refractivity contribution in [3.05, 3.63) is 24.5 Å². The first kappa shape index (κ1) is 8.71. The quantitative estimate of drug-likeness (QED) is 0.614. The zero-order chi connectivity index (χ0) is 8.97. The van der Waals surface area contributed by atoms with E-state index < -0.39 is 0 Å². The molecule has 1 aromatic rings. The lowest BCUT2D eigenvalue weighted by Gasteiger charge is -1.96. The summed E-state index contributed by atoms with van der Waals surface area (Å²) in [4.78, 5) is 10.7. The molecule has 0 atom stereocenters. The van der Waals surface area contributed by atoms with Crippen molar-refractivity contribution in [2.45, 2.75) is 13.5 Å². The number of hydrogen-bond acceptors (Lipinski definition) is 2. The van der Waals surface area contributed by atoms with E-state index in [4.69, 9.17) is 4.74 Å². The summed E-state index contributed by atoms with van der Waals surface area (Å²) in [6.45, 7) is 1.99. The number of aromatic nitrogens is 1. The molecule has 0 bridgehead atoms. The van der Waals surface area contributed by atoms with Crippen molar-refractivity contribution in [3.63, 3.8) is 0 Å². The second kappa shape index (κ2) is 3.85. The molecule has 0 radical (unpaired) electrons. The Kier molecular flexibility index (Phi) is 2.80. The number of carbonyl (C=O) groups excluding carboxylic acids is 1. The highest BCUT2D eigenvalue weighted by molar-refractivity contribution is 5.73. The Bertz CT molecular complexity index is 266. The first-order valence-corrected chi connectivity index (χ1v) is 3.75. The van der Waals surface area contributed by atoms with Gasteiger partial charge in [-0.05, 0) is 0 Å². The van der Waals surface area contributed by atoms with Crippen molar-refractivity contribution < 1.29 is 14.1 Å². The third-order valence-electron chi connectivity index (χ3n) is 1.50. The monoisotopic (exact) mass is 166 g/mol. The Labute approximate surface area is 71.6 Å². The first-order valence-electron chi connectivity index (χ1n) is 3.75. The number of nitrogens with zero attached hydrogens (tertiary/aromatic N) is 1. The van der Waals surface area contributed by atoms with Gasteiger partial charge in [0.1, 0.15) is 5.75 Å². The van der Waals surface area contributed by atoms with Crippen molar-refractivity contribution in [3.8, 4) is 5.75 Å². The number of carbonyl (C=O) groups is 1. The molecule has 12 heavy (non-hydrogen) atoms. The highest BCUT2D eigenvalue weighted by Gasteiger charge is 2.03. The summed E-state index contributed by atoms with van der Waals surface area (Å²) in [5, 5.41) is 0. The Morgan fingerprint density at radius 2 is 2.08 bits per heavy atom. The van der Waals surface area contributed by atoms with Crippen LogP contribution >= 0.6 is 0 Å². The molecule has 0 saturated heterocycles. The molecule has 0 aliphatic rings. The normalized spacial score (nSPS) is 9.50. The second-order valence-electron chi connectivity index (χ2n) is 2.61. The lowest BCUT2D eigenvalue weighted by atomic mass is 10.4. The average Bonchev–Trinajstić information content (AvgIpc) is 2.05. The van der Waals surface area contributed by atoms with Crippen LogP contribution in [0.3, 0.4) is 0 Å². The van der Waals surface area contributed by atoms with Gasteiger partial charge in [-0.2, -0.15) is 4.57 Å². The number of Topliss-reactive ketones (excluding diaryl/α,β-unsaturated/α-hetero) is 1. The van der Waals surface area contributed by atoms with Gasteiger partial charge in [-0.3, -0.25) is 4.79 Å². The van der Waals surface area contributed by atoms with Crippen LogP contribution < -0.4 is 9.30 Å². The summed E-state index contributed by atoms with van der Waals surface area (Å²) in [5.74, 6) is 0.944. The van der Waals surface area contributed by atoms with Crippen LogP contribution in [0.25, 0.3) is 0 Å². The molecule has 0 saturated carbocycles. The van der Waals surface area contributed by atoms with Gasteiger partial charge in [0.15, 0.2) is 18.2 Å². The number of pyridine rings is 1. The van der Waals surface area contributed by atoms with E-state index in [9.17, 15) is 4.79 Å². The van der Waals surface area contributed by atoms with Gasteiger partial charge in [-0.15, -0.1) is 0 Å². The van der Waals surface area contributed by atoms with Gasteiger partial charge in [0.2, 0.25) is 6.54 Å². The van der Waals surface area contributed by atoms with Crippen molar-refractivity contribution >= 4 is 5.78 Å². The zero-order valence-corrected chi connectivity index (χ0v) is 7.28. The van der Waals surface area contributed by atoms with E-state index in [2.05, 4.69) is 0 Å². The van der Waals surface area contributed by atoms with Gasteiger partial charge in [-0.1, -0.05) is 0 Å². The van der Waals surface area contributed by atoms with Crippen LogP contribution in [-0.4, -0.2) is 12.9 Å². The minimum atomic E-state index is 0.144. The molecular formula is C9H12NO2+. The van der Waals surface area contributed by atoms with Crippen LogP contribution in [0.15, 0.2) is 24.5 Å². The van der Waals surface area contributed by atoms with Gasteiger partial charge < -0.3 is 4.74 Å². The molecule has 0 unspecified atom stereocenters. The fourth-order valence-corrected chi connectivity index (χ4v) is 0.942. The van der Waals surface area contributed by atoms with E-state index in [0.29, 0.717) is 6.54 Å². The van der Waals surface area contributed by atoms with E-state index in [-0.39, 0.29) is 5.78 Å². The minimum absolute atomic E-state index is 0.144. The molecule has 64 valence electrons. The highest BCUT2D eigenvalue weighted by Crippen LogP contribution is 2.03. The van der Waals surface area contributed by atoms with Crippen molar-refractivity contribution in [1.82, 2.24) is 0 Å². The molecule has 0 amide bonds. The van der Waals surface area contributed by atoms with Crippen LogP contribution in [0.5, 0.6) is 5.75 Å². The van der Waals surface area contributed by atoms with Crippen LogP contribution in [0.4, 0.5) is 0 Å². The van der Waals surface area contributed by atoms with E-state index in [1.54, 1.807) is 14.0 Å². The van der Waals surface area contributed by atoms with Gasteiger partial charge in [-0.25, -0.2) is 0 Å². The summed E-state index contributed by atoms with van der Waals surface area (Å²) in [6, 6.07) is 3.64. The molecular weight excluding hydrogens is 154 g/mol. The Morgan fingerprint density at radius 3 is 2.50 bits per heavy atom. The summed E-state index contributed by atoms with van der Waals surface area (Å²) < 4.78 is 6.79.